The average molecular weight is 395 g/mol. The molecule has 0 bridgehead atoms. The first-order valence-electron chi connectivity index (χ1n) is 7.73. The van der Waals surface area contributed by atoms with Crippen molar-refractivity contribution in [2.75, 3.05) is 23.8 Å². The summed E-state index contributed by atoms with van der Waals surface area (Å²) < 4.78 is 24.3. The highest BCUT2D eigenvalue weighted by Crippen LogP contribution is 2.32. The Morgan fingerprint density at radius 3 is 2.88 bits per heavy atom. The first-order chi connectivity index (χ1) is 12.3. The fourth-order valence-corrected chi connectivity index (χ4v) is 4.61. The number of nitrogen functional groups attached to an aromatic ring is 1. The highest BCUT2D eigenvalue weighted by molar-refractivity contribution is 7.91. The lowest BCUT2D eigenvalue weighted by Crippen LogP contribution is -2.45. The Bertz CT molecular complexity index is 980. The average Bonchev–Trinajstić information content (AvgIpc) is 2.60. The summed E-state index contributed by atoms with van der Waals surface area (Å²) in [5, 5.41) is 0.376. The number of amides is 1. The van der Waals surface area contributed by atoms with Crippen molar-refractivity contribution < 1.29 is 18.2 Å². The summed E-state index contributed by atoms with van der Waals surface area (Å²) in [5.74, 6) is -0.0745. The van der Waals surface area contributed by atoms with E-state index < -0.39 is 15.9 Å². The van der Waals surface area contributed by atoms with Crippen LogP contribution in [0.1, 0.15) is 11.6 Å². The SMILES string of the molecule is C=CC(=O)N1CCS(=O)(=O)CC1c1cc(Cl)cc(-c2nc[nH+]c(N)n2)c1. The molecule has 1 saturated heterocycles. The molecule has 2 heterocycles. The van der Waals surface area contributed by atoms with Crippen molar-refractivity contribution in [1.82, 2.24) is 14.9 Å². The van der Waals surface area contributed by atoms with Gasteiger partial charge in [-0.1, -0.05) is 23.2 Å². The molecule has 2 aromatic rings. The molecule has 136 valence electrons. The van der Waals surface area contributed by atoms with Gasteiger partial charge in [-0.2, -0.15) is 0 Å². The number of carbonyl (C=O) groups is 1. The zero-order valence-electron chi connectivity index (χ0n) is 13.7. The van der Waals surface area contributed by atoms with Gasteiger partial charge in [-0.05, 0) is 29.8 Å². The highest BCUT2D eigenvalue weighted by Gasteiger charge is 2.34. The highest BCUT2D eigenvalue weighted by atomic mass is 35.5. The van der Waals surface area contributed by atoms with Gasteiger partial charge in [0.25, 0.3) is 5.82 Å². The van der Waals surface area contributed by atoms with Gasteiger partial charge in [-0.25, -0.2) is 13.4 Å². The number of hydrogen-bond donors (Lipinski definition) is 1. The second kappa shape index (κ2) is 7.00. The summed E-state index contributed by atoms with van der Waals surface area (Å²) in [5.41, 5.74) is 6.80. The van der Waals surface area contributed by atoms with Crippen LogP contribution in [0, 0.1) is 0 Å². The van der Waals surface area contributed by atoms with E-state index in [4.69, 9.17) is 17.3 Å². The number of anilines is 1. The van der Waals surface area contributed by atoms with Crippen LogP contribution in [0.25, 0.3) is 11.4 Å². The molecule has 1 aliphatic heterocycles. The first kappa shape index (κ1) is 18.3. The van der Waals surface area contributed by atoms with E-state index in [1.807, 2.05) is 0 Å². The van der Waals surface area contributed by atoms with E-state index in [0.29, 0.717) is 22.0 Å². The van der Waals surface area contributed by atoms with Gasteiger partial charge >= 0.3 is 5.95 Å². The van der Waals surface area contributed by atoms with Crippen molar-refractivity contribution in [1.29, 1.82) is 0 Å². The number of benzene rings is 1. The number of nitrogens with two attached hydrogens (primary N) is 1. The van der Waals surface area contributed by atoms with Crippen LogP contribution in [0.4, 0.5) is 5.95 Å². The minimum Gasteiger partial charge on any atom is -0.330 e. The zero-order valence-corrected chi connectivity index (χ0v) is 15.3. The van der Waals surface area contributed by atoms with Gasteiger partial charge in [0.05, 0.1) is 17.5 Å². The monoisotopic (exact) mass is 394 g/mol. The molecular formula is C16H17ClN5O3S+. The quantitative estimate of drug-likeness (QED) is 0.764. The van der Waals surface area contributed by atoms with Crippen LogP contribution in [0.15, 0.2) is 37.2 Å². The van der Waals surface area contributed by atoms with Gasteiger partial charge < -0.3 is 10.6 Å². The Kier molecular flexibility index (Phi) is 4.92. The summed E-state index contributed by atoms with van der Waals surface area (Å²) in [7, 11) is -3.28. The van der Waals surface area contributed by atoms with Gasteiger partial charge in [-0.15, -0.1) is 4.98 Å². The summed E-state index contributed by atoms with van der Waals surface area (Å²) in [6.07, 6.45) is 2.57. The molecule has 1 unspecified atom stereocenters. The van der Waals surface area contributed by atoms with Crippen LogP contribution < -0.4 is 10.7 Å². The number of hydrogen-bond acceptors (Lipinski definition) is 6. The first-order valence-corrected chi connectivity index (χ1v) is 9.93. The van der Waals surface area contributed by atoms with E-state index in [1.165, 1.54) is 17.3 Å². The molecule has 1 fully saturated rings. The Morgan fingerprint density at radius 1 is 1.42 bits per heavy atom. The molecule has 10 heteroatoms. The third kappa shape index (κ3) is 3.83. The zero-order chi connectivity index (χ0) is 18.9. The molecule has 26 heavy (non-hydrogen) atoms. The standard InChI is InChI=1S/C16H16ClN5O3S/c1-2-14(23)22-3-4-26(24,25)8-13(22)10-5-11(7-12(17)6-10)15-19-9-20-16(18)21-15/h2,5-7,9,13H,1,3-4,8H2,(H2,18,19,20,21)/p+1. The number of halogens is 1. The smallest absolute Gasteiger partial charge is 0.330 e. The lowest BCUT2D eigenvalue weighted by Gasteiger charge is -2.35. The van der Waals surface area contributed by atoms with E-state index in [1.54, 1.807) is 18.2 Å². The third-order valence-electron chi connectivity index (χ3n) is 4.08. The second-order valence-corrected chi connectivity index (χ2v) is 8.53. The van der Waals surface area contributed by atoms with Crippen LogP contribution >= 0.6 is 11.6 Å². The topological polar surface area (TPSA) is 120 Å². The largest absolute Gasteiger partial charge is 0.345 e. The van der Waals surface area contributed by atoms with Crippen molar-refractivity contribution in [3.8, 4) is 11.4 Å². The van der Waals surface area contributed by atoms with Crippen molar-refractivity contribution >= 4 is 33.3 Å². The Hall–Kier alpha value is -2.52. The van der Waals surface area contributed by atoms with Crippen LogP contribution in [0.2, 0.25) is 5.02 Å². The molecule has 0 spiro atoms. The number of aromatic amines is 1. The van der Waals surface area contributed by atoms with Crippen LogP contribution in [0.3, 0.4) is 0 Å². The van der Waals surface area contributed by atoms with Crippen LogP contribution in [-0.2, 0) is 14.6 Å². The number of aromatic nitrogens is 3. The summed E-state index contributed by atoms with van der Waals surface area (Å²) >= 11 is 6.22. The number of nitrogens with zero attached hydrogens (tertiary/aromatic N) is 3. The Labute approximate surface area is 155 Å². The lowest BCUT2D eigenvalue weighted by atomic mass is 10.0. The van der Waals surface area contributed by atoms with E-state index in [2.05, 4.69) is 21.5 Å². The van der Waals surface area contributed by atoms with E-state index >= 15 is 0 Å². The molecule has 0 aliphatic carbocycles. The van der Waals surface area contributed by atoms with Gasteiger partial charge in [0.1, 0.15) is 0 Å². The van der Waals surface area contributed by atoms with Crippen LogP contribution in [0.5, 0.6) is 0 Å². The molecule has 0 radical (unpaired) electrons. The predicted molar refractivity (Wildman–Crippen MR) is 96.8 cm³/mol. The number of nitrogens with one attached hydrogen (secondary N) is 1. The molecular weight excluding hydrogens is 378 g/mol. The second-order valence-electron chi connectivity index (χ2n) is 5.86. The van der Waals surface area contributed by atoms with Crippen molar-refractivity contribution in [2.45, 2.75) is 6.04 Å². The van der Waals surface area contributed by atoms with Crippen molar-refractivity contribution in [3.63, 3.8) is 0 Å². The number of H-pyrrole nitrogens is 1. The Balaban J connectivity index is 2.08. The van der Waals surface area contributed by atoms with Crippen molar-refractivity contribution in [2.24, 2.45) is 0 Å². The molecule has 3 N–H and O–H groups in total. The minimum atomic E-state index is -3.28. The number of sulfone groups is 1. The van der Waals surface area contributed by atoms with E-state index in [0.717, 1.165) is 0 Å². The molecule has 1 aromatic carbocycles. The third-order valence-corrected chi connectivity index (χ3v) is 5.92. The molecule has 0 saturated carbocycles. The molecule has 1 amide bonds. The fourth-order valence-electron chi connectivity index (χ4n) is 2.87. The molecule has 3 rings (SSSR count). The number of carbonyl (C=O) groups excluding carboxylic acids is 1. The molecule has 1 atom stereocenters. The Morgan fingerprint density at radius 2 is 2.19 bits per heavy atom. The summed E-state index contributed by atoms with van der Waals surface area (Å²) in [4.78, 5) is 24.5. The molecule has 8 nitrogen and oxygen atoms in total. The minimum absolute atomic E-state index is 0.0787. The normalized spacial score (nSPS) is 19.1. The fraction of sp³-hybridized carbons (Fsp3) is 0.250. The number of rotatable bonds is 3. The molecule has 1 aromatic heterocycles. The van der Waals surface area contributed by atoms with Gasteiger partial charge in [0, 0.05) is 17.1 Å². The maximum atomic E-state index is 12.2. The predicted octanol–water partition coefficient (Wildman–Crippen LogP) is 0.677. The van der Waals surface area contributed by atoms with Gasteiger partial charge in [-0.3, -0.25) is 4.79 Å². The van der Waals surface area contributed by atoms with Crippen molar-refractivity contribution in [3.05, 3.63) is 47.8 Å². The molecule has 1 aliphatic rings. The maximum absolute atomic E-state index is 12.2. The lowest BCUT2D eigenvalue weighted by molar-refractivity contribution is -0.369. The van der Waals surface area contributed by atoms with E-state index in [-0.39, 0.29) is 29.9 Å². The van der Waals surface area contributed by atoms with Crippen LogP contribution in [-0.4, -0.2) is 47.2 Å². The van der Waals surface area contributed by atoms with E-state index in [9.17, 15) is 13.2 Å². The van der Waals surface area contributed by atoms with Gasteiger partial charge in [0.15, 0.2) is 16.2 Å². The van der Waals surface area contributed by atoms with Gasteiger partial charge in [0.2, 0.25) is 5.91 Å². The maximum Gasteiger partial charge on any atom is 0.345 e. The summed E-state index contributed by atoms with van der Waals surface area (Å²) in [6, 6.07) is 4.34. The summed E-state index contributed by atoms with van der Waals surface area (Å²) in [6.45, 7) is 3.59.